The van der Waals surface area contributed by atoms with E-state index in [1.165, 1.54) is 0 Å². The molecule has 0 aromatic heterocycles. The van der Waals surface area contributed by atoms with Crippen molar-refractivity contribution >= 4 is 11.8 Å². The molecule has 3 heteroatoms. The van der Waals surface area contributed by atoms with Gasteiger partial charge in [-0.05, 0) is 12.3 Å². The number of hydrogen-bond acceptors (Lipinski definition) is 2. The topological polar surface area (TPSA) is 54.4 Å². The minimum absolute atomic E-state index is 0.0587. The van der Waals surface area contributed by atoms with Crippen LogP contribution in [0.3, 0.4) is 0 Å². The maximum absolute atomic E-state index is 12.0. The third-order valence-corrected chi connectivity index (χ3v) is 3.58. The minimum Gasteiger partial charge on any atom is -0.481 e. The Morgan fingerprint density at radius 3 is 2.06 bits per heavy atom. The number of ketones is 1. The van der Waals surface area contributed by atoms with Gasteiger partial charge >= 0.3 is 5.97 Å². The molecule has 3 nitrogen and oxygen atoms in total. The van der Waals surface area contributed by atoms with Gasteiger partial charge in [-0.15, -0.1) is 0 Å². The fourth-order valence-electron chi connectivity index (χ4n) is 1.47. The van der Waals surface area contributed by atoms with Crippen LogP contribution >= 0.6 is 0 Å². The summed E-state index contributed by atoms with van der Waals surface area (Å²) in [6, 6.07) is 0. The molecule has 0 fully saturated rings. The highest BCUT2D eigenvalue weighted by molar-refractivity contribution is 5.88. The molecule has 1 N–H and O–H groups in total. The van der Waals surface area contributed by atoms with Crippen molar-refractivity contribution in [2.24, 2.45) is 17.3 Å². The number of carboxylic acids is 1. The summed E-state index contributed by atoms with van der Waals surface area (Å²) < 4.78 is 0. The molecular formula is C13H24O3. The number of Topliss-reactive ketones (excluding diaryl/α,β-unsaturated/α-hetero) is 1. The van der Waals surface area contributed by atoms with Crippen molar-refractivity contribution in [3.05, 3.63) is 0 Å². The minimum atomic E-state index is -0.852. The Bertz CT molecular complexity index is 254. The molecule has 16 heavy (non-hydrogen) atoms. The highest BCUT2D eigenvalue weighted by Crippen LogP contribution is 2.30. The maximum Gasteiger partial charge on any atom is 0.306 e. The van der Waals surface area contributed by atoms with Crippen LogP contribution in [0.1, 0.15) is 53.9 Å². The lowest BCUT2D eigenvalue weighted by molar-refractivity contribution is -0.145. The molecule has 0 radical (unpaired) electrons. The summed E-state index contributed by atoms with van der Waals surface area (Å²) in [5, 5.41) is 9.01. The third-order valence-electron chi connectivity index (χ3n) is 3.58. The molecule has 0 aromatic carbocycles. The summed E-state index contributed by atoms with van der Waals surface area (Å²) in [4.78, 5) is 23.0. The number of aliphatic carboxylic acids is 1. The van der Waals surface area contributed by atoms with Gasteiger partial charge in [0.05, 0.1) is 5.92 Å². The molecule has 0 heterocycles. The van der Waals surface area contributed by atoms with Crippen LogP contribution < -0.4 is 0 Å². The van der Waals surface area contributed by atoms with Crippen molar-refractivity contribution in [1.29, 1.82) is 0 Å². The molecule has 0 amide bonds. The number of carboxylic acid groups (broad SMARTS) is 1. The smallest absolute Gasteiger partial charge is 0.306 e. The quantitative estimate of drug-likeness (QED) is 0.728. The number of carbonyl (C=O) groups is 2. The molecule has 1 unspecified atom stereocenters. The summed E-state index contributed by atoms with van der Waals surface area (Å²) in [5.41, 5.74) is -0.429. The van der Waals surface area contributed by atoms with Gasteiger partial charge in [-0.1, -0.05) is 41.0 Å². The normalized spacial score (nSPS) is 13.9. The second-order valence-electron chi connectivity index (χ2n) is 5.33. The average molecular weight is 228 g/mol. The molecule has 0 bridgehead atoms. The summed E-state index contributed by atoms with van der Waals surface area (Å²) >= 11 is 0. The van der Waals surface area contributed by atoms with Crippen molar-refractivity contribution in [1.82, 2.24) is 0 Å². The van der Waals surface area contributed by atoms with Crippen molar-refractivity contribution in [2.75, 3.05) is 0 Å². The zero-order chi connectivity index (χ0) is 12.9. The average Bonchev–Trinajstić information content (AvgIpc) is 2.16. The van der Waals surface area contributed by atoms with E-state index >= 15 is 0 Å². The highest BCUT2D eigenvalue weighted by Gasteiger charge is 2.33. The van der Waals surface area contributed by atoms with Gasteiger partial charge in [0.15, 0.2) is 0 Å². The molecule has 1 atom stereocenters. The zero-order valence-corrected chi connectivity index (χ0v) is 11.0. The van der Waals surface area contributed by atoms with E-state index in [0.717, 1.165) is 6.42 Å². The van der Waals surface area contributed by atoms with Crippen LogP contribution in [-0.2, 0) is 9.59 Å². The molecule has 0 spiro atoms. The molecule has 0 saturated carbocycles. The van der Waals surface area contributed by atoms with Gasteiger partial charge in [0.25, 0.3) is 0 Å². The Kier molecular flexibility index (Phi) is 5.70. The molecule has 0 aromatic rings. The largest absolute Gasteiger partial charge is 0.481 e. The van der Waals surface area contributed by atoms with E-state index in [1.54, 1.807) is 0 Å². The van der Waals surface area contributed by atoms with Crippen molar-refractivity contribution in [3.8, 4) is 0 Å². The van der Waals surface area contributed by atoms with E-state index in [1.807, 2.05) is 34.6 Å². The predicted octanol–water partition coefficient (Wildman–Crippen LogP) is 3.13. The van der Waals surface area contributed by atoms with Crippen LogP contribution in [0.25, 0.3) is 0 Å². The lowest BCUT2D eigenvalue weighted by atomic mass is 9.74. The van der Waals surface area contributed by atoms with Crippen LogP contribution in [0, 0.1) is 17.3 Å². The first-order chi connectivity index (χ1) is 7.23. The van der Waals surface area contributed by atoms with E-state index in [4.69, 9.17) is 5.11 Å². The standard InChI is InChI=1S/C13H24O3/c1-6-7-10(12(15)16)8-11(14)13(4,5)9(2)3/h9-10H,6-8H2,1-5H3,(H,15,16). The first-order valence-electron chi connectivity index (χ1n) is 5.99. The van der Waals surface area contributed by atoms with Crippen molar-refractivity contribution in [2.45, 2.75) is 53.9 Å². The number of carbonyl (C=O) groups excluding carboxylic acids is 1. The molecule has 0 rings (SSSR count). The molecule has 0 aliphatic heterocycles. The summed E-state index contributed by atoms with van der Waals surface area (Å²) in [6.07, 6.45) is 1.54. The molecule has 0 aliphatic carbocycles. The molecule has 0 saturated heterocycles. The SMILES string of the molecule is CCCC(CC(=O)C(C)(C)C(C)C)C(=O)O. The van der Waals surface area contributed by atoms with Crippen LogP contribution in [0.2, 0.25) is 0 Å². The van der Waals surface area contributed by atoms with E-state index in [-0.39, 0.29) is 18.1 Å². The summed E-state index contributed by atoms with van der Waals surface area (Å²) in [6.45, 7) is 9.71. The van der Waals surface area contributed by atoms with Gasteiger partial charge in [-0.25, -0.2) is 0 Å². The first kappa shape index (κ1) is 15.1. The van der Waals surface area contributed by atoms with Crippen LogP contribution in [-0.4, -0.2) is 16.9 Å². The summed E-state index contributed by atoms with van der Waals surface area (Å²) in [7, 11) is 0. The van der Waals surface area contributed by atoms with Gasteiger partial charge in [0, 0.05) is 11.8 Å². The maximum atomic E-state index is 12.0. The third kappa shape index (κ3) is 3.95. The molecule has 0 aliphatic rings. The lowest BCUT2D eigenvalue weighted by Gasteiger charge is -2.28. The van der Waals surface area contributed by atoms with E-state index in [0.29, 0.717) is 6.42 Å². The highest BCUT2D eigenvalue weighted by atomic mass is 16.4. The Morgan fingerprint density at radius 2 is 1.75 bits per heavy atom. The summed E-state index contributed by atoms with van der Waals surface area (Å²) in [5.74, 6) is -1.08. The molecular weight excluding hydrogens is 204 g/mol. The first-order valence-corrected chi connectivity index (χ1v) is 5.99. The van der Waals surface area contributed by atoms with Gasteiger partial charge in [-0.3, -0.25) is 9.59 Å². The molecule has 94 valence electrons. The van der Waals surface area contributed by atoms with Gasteiger partial charge in [-0.2, -0.15) is 0 Å². The Balaban J connectivity index is 4.58. The lowest BCUT2D eigenvalue weighted by Crippen LogP contribution is -2.32. The Morgan fingerprint density at radius 1 is 1.25 bits per heavy atom. The van der Waals surface area contributed by atoms with Crippen molar-refractivity contribution < 1.29 is 14.7 Å². The fourth-order valence-corrected chi connectivity index (χ4v) is 1.47. The van der Waals surface area contributed by atoms with Crippen LogP contribution in [0.5, 0.6) is 0 Å². The number of rotatable bonds is 7. The number of hydrogen-bond donors (Lipinski definition) is 1. The second-order valence-corrected chi connectivity index (χ2v) is 5.33. The van der Waals surface area contributed by atoms with Gasteiger partial charge in [0.2, 0.25) is 0 Å². The zero-order valence-electron chi connectivity index (χ0n) is 11.0. The predicted molar refractivity (Wildman–Crippen MR) is 64.3 cm³/mol. The second kappa shape index (κ2) is 6.02. The Hall–Kier alpha value is -0.860. The Labute approximate surface area is 98.2 Å². The van der Waals surface area contributed by atoms with Gasteiger partial charge in [0.1, 0.15) is 5.78 Å². The van der Waals surface area contributed by atoms with E-state index < -0.39 is 17.3 Å². The van der Waals surface area contributed by atoms with E-state index in [9.17, 15) is 9.59 Å². The van der Waals surface area contributed by atoms with Crippen LogP contribution in [0.15, 0.2) is 0 Å². The van der Waals surface area contributed by atoms with Crippen molar-refractivity contribution in [3.63, 3.8) is 0 Å². The van der Waals surface area contributed by atoms with E-state index in [2.05, 4.69) is 0 Å². The monoisotopic (exact) mass is 228 g/mol. The fraction of sp³-hybridized carbons (Fsp3) is 0.846. The van der Waals surface area contributed by atoms with Gasteiger partial charge < -0.3 is 5.11 Å². The van der Waals surface area contributed by atoms with Crippen LogP contribution in [0.4, 0.5) is 0 Å².